The summed E-state index contributed by atoms with van der Waals surface area (Å²) in [5.41, 5.74) is 0.631. The van der Waals surface area contributed by atoms with E-state index >= 15 is 0 Å². The summed E-state index contributed by atoms with van der Waals surface area (Å²) in [6.07, 6.45) is 3.45. The van der Waals surface area contributed by atoms with Gasteiger partial charge in [0.1, 0.15) is 18.4 Å². The van der Waals surface area contributed by atoms with Crippen LogP contribution in [-0.4, -0.2) is 52.9 Å². The van der Waals surface area contributed by atoms with Gasteiger partial charge < -0.3 is 14.2 Å². The molecule has 8 nitrogen and oxygen atoms in total. The zero-order valence-electron chi connectivity index (χ0n) is 12.8. The number of carbonyl (C=O) groups is 2. The Morgan fingerprint density at radius 1 is 1.13 bits per heavy atom. The second kappa shape index (κ2) is 5.84. The predicted octanol–water partition coefficient (Wildman–Crippen LogP) is 0.655. The number of hydrogen-bond donors (Lipinski definition) is 0. The molecule has 0 aromatic carbocycles. The Balaban J connectivity index is 1.54. The summed E-state index contributed by atoms with van der Waals surface area (Å²) in [5, 5.41) is 4.38. The predicted molar refractivity (Wildman–Crippen MR) is 77.1 cm³/mol. The van der Waals surface area contributed by atoms with E-state index in [4.69, 9.17) is 14.2 Å². The first-order valence-corrected chi connectivity index (χ1v) is 8.11. The summed E-state index contributed by atoms with van der Waals surface area (Å²) in [5.74, 6) is -1.45. The van der Waals surface area contributed by atoms with Crippen LogP contribution in [0.3, 0.4) is 0 Å². The molecule has 1 aromatic heterocycles. The minimum absolute atomic E-state index is 0.243. The lowest BCUT2D eigenvalue weighted by Gasteiger charge is -2.21. The summed E-state index contributed by atoms with van der Waals surface area (Å²) in [6, 6.07) is 0. The maximum Gasteiger partial charge on any atom is 0.423 e. The van der Waals surface area contributed by atoms with Crippen molar-refractivity contribution < 1.29 is 23.8 Å². The van der Waals surface area contributed by atoms with Crippen molar-refractivity contribution in [1.82, 2.24) is 14.7 Å². The average Bonchev–Trinajstić information content (AvgIpc) is 3.13. The van der Waals surface area contributed by atoms with E-state index in [0.717, 1.165) is 26.1 Å². The Labute approximate surface area is 133 Å². The molecule has 8 heteroatoms. The van der Waals surface area contributed by atoms with E-state index in [2.05, 4.69) is 10.00 Å². The first-order valence-electron chi connectivity index (χ1n) is 8.11. The van der Waals surface area contributed by atoms with E-state index in [1.54, 1.807) is 4.68 Å². The molecule has 124 valence electrons. The van der Waals surface area contributed by atoms with E-state index in [1.165, 1.54) is 12.8 Å². The van der Waals surface area contributed by atoms with Crippen molar-refractivity contribution in [2.75, 3.05) is 26.2 Å². The molecule has 0 saturated carbocycles. The van der Waals surface area contributed by atoms with Gasteiger partial charge in [0.2, 0.25) is 5.75 Å². The highest BCUT2D eigenvalue weighted by atomic mass is 16.6. The van der Waals surface area contributed by atoms with E-state index in [0.29, 0.717) is 25.3 Å². The molecule has 1 fully saturated rings. The number of carbonyl (C=O) groups excluding carboxylic acids is 2. The summed E-state index contributed by atoms with van der Waals surface area (Å²) < 4.78 is 17.8. The molecule has 23 heavy (non-hydrogen) atoms. The third-order valence-electron chi connectivity index (χ3n) is 4.51. The third kappa shape index (κ3) is 2.67. The normalized spacial score (nSPS) is 23.9. The maximum absolute atomic E-state index is 11.7. The number of ether oxygens (including phenoxy) is 3. The molecule has 1 aromatic rings. The van der Waals surface area contributed by atoms with Gasteiger partial charge in [0.05, 0.1) is 0 Å². The number of nitrogens with zero attached hydrogens (tertiary/aromatic N) is 3. The van der Waals surface area contributed by atoms with E-state index in [9.17, 15) is 9.59 Å². The van der Waals surface area contributed by atoms with Gasteiger partial charge in [-0.3, -0.25) is 9.58 Å². The quantitative estimate of drug-likeness (QED) is 0.595. The van der Waals surface area contributed by atoms with Crippen molar-refractivity contribution in [3.8, 4) is 11.6 Å². The van der Waals surface area contributed by atoms with Crippen LogP contribution in [-0.2, 0) is 20.9 Å². The van der Waals surface area contributed by atoms with Crippen molar-refractivity contribution in [2.24, 2.45) is 0 Å². The number of rotatable bonds is 4. The van der Waals surface area contributed by atoms with Crippen molar-refractivity contribution in [3.63, 3.8) is 0 Å². The number of aromatic nitrogens is 2. The topological polar surface area (TPSA) is 82.9 Å². The van der Waals surface area contributed by atoms with Gasteiger partial charge in [-0.1, -0.05) is 0 Å². The largest absolute Gasteiger partial charge is 0.473 e. The fourth-order valence-electron chi connectivity index (χ4n) is 3.38. The molecule has 4 heterocycles. The van der Waals surface area contributed by atoms with Crippen molar-refractivity contribution in [1.29, 1.82) is 0 Å². The fraction of sp³-hybridized carbons (Fsp3) is 0.667. The van der Waals surface area contributed by atoms with Crippen LogP contribution in [0, 0.1) is 0 Å². The van der Waals surface area contributed by atoms with Gasteiger partial charge in [-0.2, -0.15) is 0 Å². The van der Waals surface area contributed by atoms with Crippen molar-refractivity contribution in [2.45, 2.75) is 38.3 Å². The number of esters is 2. The first-order chi connectivity index (χ1) is 11.2. The highest BCUT2D eigenvalue weighted by molar-refractivity contribution is 6.30. The van der Waals surface area contributed by atoms with E-state index < -0.39 is 18.0 Å². The third-order valence-corrected chi connectivity index (χ3v) is 4.51. The van der Waals surface area contributed by atoms with Crippen LogP contribution in [0.1, 0.15) is 37.5 Å². The summed E-state index contributed by atoms with van der Waals surface area (Å²) in [7, 11) is 0. The number of hydrogen-bond acceptors (Lipinski definition) is 7. The van der Waals surface area contributed by atoms with Crippen LogP contribution in [0.15, 0.2) is 0 Å². The molecular weight excluding hydrogens is 302 g/mol. The minimum Gasteiger partial charge on any atom is -0.473 e. The van der Waals surface area contributed by atoms with Crippen molar-refractivity contribution >= 4 is 11.9 Å². The summed E-state index contributed by atoms with van der Waals surface area (Å²) in [4.78, 5) is 25.6. The lowest BCUT2D eigenvalue weighted by Crippen LogP contribution is -2.25. The van der Waals surface area contributed by atoms with Crippen LogP contribution >= 0.6 is 0 Å². The zero-order valence-corrected chi connectivity index (χ0v) is 12.8. The second-order valence-corrected chi connectivity index (χ2v) is 6.07. The molecule has 0 bridgehead atoms. The van der Waals surface area contributed by atoms with Crippen molar-refractivity contribution in [3.05, 3.63) is 5.69 Å². The van der Waals surface area contributed by atoms with E-state index in [-0.39, 0.29) is 11.6 Å². The molecule has 0 radical (unpaired) electrons. The summed E-state index contributed by atoms with van der Waals surface area (Å²) in [6.45, 7) is 4.17. The Bertz CT molecular complexity index is 635. The molecule has 3 aliphatic rings. The smallest absolute Gasteiger partial charge is 0.423 e. The second-order valence-electron chi connectivity index (χ2n) is 6.07. The number of likely N-dealkylation sites (tertiary alicyclic amines) is 1. The lowest BCUT2D eigenvalue weighted by molar-refractivity contribution is -0.165. The van der Waals surface area contributed by atoms with Crippen LogP contribution in [0.25, 0.3) is 0 Å². The Kier molecular flexibility index (Phi) is 3.68. The van der Waals surface area contributed by atoms with Gasteiger partial charge in [-0.15, -0.1) is 5.10 Å². The first kappa shape index (κ1) is 14.5. The molecule has 0 amide bonds. The van der Waals surface area contributed by atoms with Crippen LogP contribution in [0.2, 0.25) is 0 Å². The highest BCUT2D eigenvalue weighted by Gasteiger charge is 2.39. The molecule has 0 aliphatic carbocycles. The lowest BCUT2D eigenvalue weighted by atomic mass is 10.1. The number of aryl methyl sites for hydroxylation is 1. The van der Waals surface area contributed by atoms with Gasteiger partial charge >= 0.3 is 11.9 Å². The van der Waals surface area contributed by atoms with Crippen LogP contribution < -0.4 is 9.47 Å². The standard InChI is InChI=1S/C15H19N3O5/c19-14-15(20)23-12-11-10(22-14)4-3-7-18(11)16-13(12)21-9-8-17-5-1-2-6-17/h10H,1-9H2. The molecule has 1 unspecified atom stereocenters. The monoisotopic (exact) mass is 321 g/mol. The molecular formula is C15H19N3O5. The van der Waals surface area contributed by atoms with Crippen LogP contribution in [0.5, 0.6) is 11.6 Å². The molecule has 3 aliphatic heterocycles. The highest BCUT2D eigenvalue weighted by Crippen LogP contribution is 2.42. The van der Waals surface area contributed by atoms with E-state index in [1.807, 2.05) is 0 Å². The summed E-state index contributed by atoms with van der Waals surface area (Å²) >= 11 is 0. The molecule has 1 atom stereocenters. The molecule has 1 saturated heterocycles. The maximum atomic E-state index is 11.7. The minimum atomic E-state index is -1.01. The SMILES string of the molecule is O=C1Oc2c(OCCN3CCCC3)nn3c2C(CCC3)OC1=O. The fourth-order valence-corrected chi connectivity index (χ4v) is 3.38. The van der Waals surface area contributed by atoms with Crippen LogP contribution in [0.4, 0.5) is 0 Å². The Morgan fingerprint density at radius 2 is 1.96 bits per heavy atom. The van der Waals surface area contributed by atoms with Gasteiger partial charge in [-0.05, 0) is 38.8 Å². The van der Waals surface area contributed by atoms with Gasteiger partial charge in [0.25, 0.3) is 5.88 Å². The molecule has 4 rings (SSSR count). The zero-order chi connectivity index (χ0) is 15.8. The van der Waals surface area contributed by atoms with Gasteiger partial charge in [0, 0.05) is 13.1 Å². The Hall–Kier alpha value is -2.09. The van der Waals surface area contributed by atoms with Gasteiger partial charge in [0.15, 0.2) is 0 Å². The van der Waals surface area contributed by atoms with Gasteiger partial charge in [-0.25, -0.2) is 9.59 Å². The molecule has 0 N–H and O–H groups in total. The average molecular weight is 321 g/mol. The molecule has 0 spiro atoms. The Morgan fingerprint density at radius 3 is 2.78 bits per heavy atom.